The lowest BCUT2D eigenvalue weighted by atomic mass is 9.93. The van der Waals surface area contributed by atoms with Crippen molar-refractivity contribution in [1.82, 2.24) is 14.7 Å². The van der Waals surface area contributed by atoms with Gasteiger partial charge in [-0.3, -0.25) is 18.6 Å². The Hall–Kier alpha value is -2.26. The number of carbonyl (C=O) groups excluding carboxylic acids is 1. The molecular weight excluding hydrogens is 438 g/mol. The highest BCUT2D eigenvalue weighted by Gasteiger charge is 2.33. The minimum atomic E-state index is -2.55. The van der Waals surface area contributed by atoms with Gasteiger partial charge in [-0.15, -0.1) is 0 Å². The number of hydrogen-bond acceptors (Lipinski definition) is 5. The zero-order chi connectivity index (χ0) is 21.8. The van der Waals surface area contributed by atoms with Crippen LogP contribution in [0.4, 0.5) is 0 Å². The summed E-state index contributed by atoms with van der Waals surface area (Å²) in [7, 11) is -2.55. The third-order valence-corrected chi connectivity index (χ3v) is 7.96. The maximum absolute atomic E-state index is 13.1. The summed E-state index contributed by atoms with van der Waals surface area (Å²) in [6, 6.07) is 7.72. The molecule has 164 valence electrons. The van der Waals surface area contributed by atoms with Crippen molar-refractivity contribution in [3.05, 3.63) is 63.7 Å². The first kappa shape index (κ1) is 20.6. The summed E-state index contributed by atoms with van der Waals surface area (Å²) >= 11 is 5.98. The largest absolute Gasteiger partial charge is 0.455 e. The van der Waals surface area contributed by atoms with Crippen molar-refractivity contribution in [2.75, 3.05) is 24.6 Å². The second-order valence-corrected chi connectivity index (χ2v) is 11.0. The molecule has 31 heavy (non-hydrogen) atoms. The lowest BCUT2D eigenvalue weighted by molar-refractivity contribution is 0.0733. The number of fused-ring (bicyclic) bond motifs is 3. The second kappa shape index (κ2) is 7.70. The van der Waals surface area contributed by atoms with Crippen LogP contribution in [-0.4, -0.2) is 54.3 Å². The molecule has 1 aromatic carbocycles. The van der Waals surface area contributed by atoms with Gasteiger partial charge in [-0.2, -0.15) is 15.7 Å². The molecular formula is C22H24ClN3O4S. The Morgan fingerprint density at radius 1 is 1.19 bits per heavy atom. The molecule has 5 rings (SSSR count). The maximum Gasteiger partial charge on any atom is 0.289 e. The number of aromatic nitrogens is 2. The third kappa shape index (κ3) is 3.89. The van der Waals surface area contributed by atoms with E-state index in [1.807, 2.05) is 35.9 Å². The van der Waals surface area contributed by atoms with E-state index in [-0.39, 0.29) is 17.4 Å². The summed E-state index contributed by atoms with van der Waals surface area (Å²) in [6.07, 6.45) is 3.61. The van der Waals surface area contributed by atoms with Gasteiger partial charge in [0.2, 0.25) is 0 Å². The van der Waals surface area contributed by atoms with Crippen molar-refractivity contribution in [1.29, 1.82) is 0 Å². The van der Waals surface area contributed by atoms with Crippen molar-refractivity contribution >= 4 is 28.1 Å². The quantitative estimate of drug-likeness (QED) is 0.600. The van der Waals surface area contributed by atoms with E-state index in [2.05, 4.69) is 6.20 Å². The zero-order valence-corrected chi connectivity index (χ0v) is 18.7. The highest BCUT2D eigenvalue weighted by atomic mass is 35.5. The van der Waals surface area contributed by atoms with Crippen LogP contribution in [0, 0.1) is 6.92 Å². The van der Waals surface area contributed by atoms with Crippen LogP contribution in [0.25, 0.3) is 11.3 Å². The molecule has 1 amide bonds. The molecule has 0 bridgehead atoms. The van der Waals surface area contributed by atoms with Crippen molar-refractivity contribution in [2.45, 2.75) is 26.3 Å². The predicted molar refractivity (Wildman–Crippen MR) is 121 cm³/mol. The SMILES string of the molecule is Cc1c(C(=O)N2CCS(O)(O)CC2)oc2c1-c1nn(Cc3ccc(Cl)cc3)cc1CC2. The second-order valence-electron chi connectivity index (χ2n) is 8.18. The fourth-order valence-electron chi connectivity index (χ4n) is 4.30. The minimum Gasteiger partial charge on any atom is -0.455 e. The fraction of sp³-hybridized carbons (Fsp3) is 0.364. The molecule has 2 aromatic heterocycles. The first-order chi connectivity index (χ1) is 14.8. The highest BCUT2D eigenvalue weighted by Crippen LogP contribution is 2.42. The van der Waals surface area contributed by atoms with Gasteiger partial charge < -0.3 is 9.32 Å². The molecule has 0 atom stereocenters. The molecule has 0 saturated carbocycles. The van der Waals surface area contributed by atoms with E-state index in [0.29, 0.717) is 30.4 Å². The molecule has 1 aliphatic heterocycles. The lowest BCUT2D eigenvalue weighted by Gasteiger charge is -2.40. The van der Waals surface area contributed by atoms with Gasteiger partial charge in [0.05, 0.1) is 23.7 Å². The number of hydrogen-bond donors (Lipinski definition) is 2. The van der Waals surface area contributed by atoms with Gasteiger partial charge >= 0.3 is 0 Å². The van der Waals surface area contributed by atoms with Gasteiger partial charge in [0.15, 0.2) is 5.76 Å². The summed E-state index contributed by atoms with van der Waals surface area (Å²) in [5.41, 5.74) is 4.86. The number of benzene rings is 1. The standard InChI is InChI=1S/C22H24ClN3O4S/c1-14-19-18(30-21(14)22(27)25-8-10-31(28,29)11-9-25)7-4-16-13-26(24-20(16)19)12-15-2-5-17(23)6-3-15/h2-3,5-6,13,28-29H,4,7-12H2,1H3. The van der Waals surface area contributed by atoms with Gasteiger partial charge in [-0.05, 0) is 36.6 Å². The Bertz CT molecular complexity index is 1140. The van der Waals surface area contributed by atoms with Crippen LogP contribution in [0.5, 0.6) is 0 Å². The van der Waals surface area contributed by atoms with Crippen molar-refractivity contribution < 1.29 is 18.3 Å². The van der Waals surface area contributed by atoms with Gasteiger partial charge in [0, 0.05) is 41.9 Å². The number of aryl methyl sites for hydroxylation is 2. The minimum absolute atomic E-state index is 0.191. The molecule has 1 fully saturated rings. The average Bonchev–Trinajstić information content (AvgIpc) is 3.29. The summed E-state index contributed by atoms with van der Waals surface area (Å²) in [5, 5.41) is 5.52. The number of carbonyl (C=O) groups is 1. The van der Waals surface area contributed by atoms with E-state index >= 15 is 0 Å². The smallest absolute Gasteiger partial charge is 0.289 e. The van der Waals surface area contributed by atoms with E-state index in [4.69, 9.17) is 21.1 Å². The van der Waals surface area contributed by atoms with Crippen LogP contribution in [0.15, 0.2) is 34.9 Å². The fourth-order valence-corrected chi connectivity index (χ4v) is 5.65. The first-order valence-electron chi connectivity index (χ1n) is 10.3. The predicted octanol–water partition coefficient (Wildman–Crippen LogP) is 4.46. The highest BCUT2D eigenvalue weighted by molar-refractivity contribution is 8.24. The number of rotatable bonds is 3. The Balaban J connectivity index is 1.42. The topological polar surface area (TPSA) is 91.7 Å². The molecule has 2 aliphatic rings. The summed E-state index contributed by atoms with van der Waals surface area (Å²) in [4.78, 5) is 14.7. The normalized spacial score (nSPS) is 18.4. The monoisotopic (exact) mass is 461 g/mol. The summed E-state index contributed by atoms with van der Waals surface area (Å²) < 4.78 is 27.6. The Morgan fingerprint density at radius 3 is 2.61 bits per heavy atom. The summed E-state index contributed by atoms with van der Waals surface area (Å²) in [6.45, 7) is 3.20. The molecule has 1 aliphatic carbocycles. The maximum atomic E-state index is 13.1. The van der Waals surface area contributed by atoms with E-state index in [0.717, 1.165) is 46.5 Å². The van der Waals surface area contributed by atoms with Crippen molar-refractivity contribution in [2.24, 2.45) is 0 Å². The lowest BCUT2D eigenvalue weighted by Crippen LogP contribution is -2.42. The number of furan rings is 1. The van der Waals surface area contributed by atoms with E-state index in [1.165, 1.54) is 0 Å². The number of halogens is 1. The molecule has 0 radical (unpaired) electrons. The molecule has 3 heterocycles. The van der Waals surface area contributed by atoms with Crippen LogP contribution < -0.4 is 0 Å². The van der Waals surface area contributed by atoms with Gasteiger partial charge in [-0.1, -0.05) is 23.7 Å². The molecule has 2 N–H and O–H groups in total. The molecule has 0 spiro atoms. The Kier molecular flexibility index (Phi) is 5.13. The van der Waals surface area contributed by atoms with E-state index in [9.17, 15) is 13.9 Å². The third-order valence-electron chi connectivity index (χ3n) is 6.03. The molecule has 0 unspecified atom stereocenters. The van der Waals surface area contributed by atoms with Gasteiger partial charge in [-0.25, -0.2) is 0 Å². The van der Waals surface area contributed by atoms with Crippen LogP contribution in [0.3, 0.4) is 0 Å². The van der Waals surface area contributed by atoms with E-state index < -0.39 is 10.6 Å². The molecule has 9 heteroatoms. The van der Waals surface area contributed by atoms with Crippen molar-refractivity contribution in [3.63, 3.8) is 0 Å². The Morgan fingerprint density at radius 2 is 1.90 bits per heavy atom. The summed E-state index contributed by atoms with van der Waals surface area (Å²) in [5.74, 6) is 1.38. The number of nitrogens with zero attached hydrogens (tertiary/aromatic N) is 3. The average molecular weight is 462 g/mol. The first-order valence-corrected chi connectivity index (χ1v) is 12.5. The van der Waals surface area contributed by atoms with Crippen LogP contribution >= 0.6 is 22.2 Å². The van der Waals surface area contributed by atoms with Crippen LogP contribution in [0.1, 0.15) is 33.0 Å². The Labute approximate surface area is 187 Å². The van der Waals surface area contributed by atoms with Gasteiger partial charge in [0.1, 0.15) is 5.76 Å². The van der Waals surface area contributed by atoms with E-state index in [1.54, 1.807) is 4.90 Å². The molecule has 7 nitrogen and oxygen atoms in total. The molecule has 3 aromatic rings. The zero-order valence-electron chi connectivity index (χ0n) is 17.2. The van der Waals surface area contributed by atoms with Crippen LogP contribution in [0.2, 0.25) is 5.02 Å². The molecule has 1 saturated heterocycles. The van der Waals surface area contributed by atoms with Gasteiger partial charge in [0.25, 0.3) is 5.91 Å². The number of amides is 1. The van der Waals surface area contributed by atoms with Crippen molar-refractivity contribution in [3.8, 4) is 11.3 Å². The van der Waals surface area contributed by atoms with Crippen LogP contribution in [-0.2, 0) is 19.4 Å².